The standard InChI is InChI=1S/C36H37F3N2O3S/c1-24-23-45-34(40-24)31-16-8-18-41(31)35(44)28-14-7-13-27(21-28)33(43)22-29(19-25-9-3-2-4-10-25)32(42)17-6-12-26-11-5-15-30(20-26)36(37,38)39/h2-5,7,9-11,13-15,20-21,23,29,31-32,42H,6,8,12,16-19,22H2,1H3/t29-,31-,32-/m1/s1. The number of aliphatic hydroxyl groups is 1. The van der Waals surface area contributed by atoms with Crippen LogP contribution < -0.4 is 0 Å². The molecule has 0 radical (unpaired) electrons. The van der Waals surface area contributed by atoms with Crippen molar-refractivity contribution in [3.63, 3.8) is 0 Å². The molecule has 236 valence electrons. The largest absolute Gasteiger partial charge is 0.416 e. The van der Waals surface area contributed by atoms with Crippen LogP contribution in [0.1, 0.15) is 86.3 Å². The summed E-state index contributed by atoms with van der Waals surface area (Å²) in [5.41, 5.74) is 2.64. The van der Waals surface area contributed by atoms with Crippen LogP contribution in [0.25, 0.3) is 0 Å². The highest BCUT2D eigenvalue weighted by Gasteiger charge is 2.33. The van der Waals surface area contributed by atoms with E-state index in [0.29, 0.717) is 48.9 Å². The van der Waals surface area contributed by atoms with Gasteiger partial charge in [-0.3, -0.25) is 9.59 Å². The van der Waals surface area contributed by atoms with Crippen molar-refractivity contribution in [3.05, 3.63) is 123 Å². The second-order valence-electron chi connectivity index (χ2n) is 11.8. The van der Waals surface area contributed by atoms with E-state index >= 15 is 0 Å². The first-order valence-corrected chi connectivity index (χ1v) is 16.2. The molecule has 1 N–H and O–H groups in total. The topological polar surface area (TPSA) is 70.5 Å². The van der Waals surface area contributed by atoms with Crippen molar-refractivity contribution < 1.29 is 27.9 Å². The van der Waals surface area contributed by atoms with Gasteiger partial charge in [0.25, 0.3) is 5.91 Å². The minimum atomic E-state index is -4.41. The number of rotatable bonds is 12. The number of aromatic nitrogens is 1. The van der Waals surface area contributed by atoms with Crippen LogP contribution in [0.2, 0.25) is 0 Å². The van der Waals surface area contributed by atoms with Gasteiger partial charge in [-0.1, -0.05) is 60.7 Å². The highest BCUT2D eigenvalue weighted by Crippen LogP contribution is 2.35. The number of carbonyl (C=O) groups is 2. The number of aliphatic hydroxyl groups excluding tert-OH is 1. The zero-order chi connectivity index (χ0) is 32.0. The zero-order valence-electron chi connectivity index (χ0n) is 25.2. The SMILES string of the molecule is Cc1csc([C@H]2CCCN2C(=O)c2cccc(C(=O)C[C@@H](Cc3ccccc3)[C@H](O)CCCc3cccc(C(F)(F)F)c3)c2)n1. The van der Waals surface area contributed by atoms with E-state index in [-0.39, 0.29) is 24.2 Å². The average molecular weight is 635 g/mol. The molecular formula is C36H37F3N2O3S. The number of Topliss-reactive ketones (excluding diaryl/α,β-unsaturated/α-hetero) is 1. The number of hydrogen-bond acceptors (Lipinski definition) is 5. The van der Waals surface area contributed by atoms with Gasteiger partial charge in [-0.2, -0.15) is 13.2 Å². The van der Waals surface area contributed by atoms with Gasteiger partial charge in [-0.15, -0.1) is 11.3 Å². The molecule has 0 bridgehead atoms. The minimum absolute atomic E-state index is 0.0714. The summed E-state index contributed by atoms with van der Waals surface area (Å²) < 4.78 is 39.4. The summed E-state index contributed by atoms with van der Waals surface area (Å²) in [6.45, 7) is 2.57. The number of amides is 1. The molecule has 1 amide bonds. The number of alkyl halides is 3. The molecule has 1 aliphatic rings. The Morgan fingerprint density at radius 3 is 2.47 bits per heavy atom. The molecule has 1 aromatic heterocycles. The van der Waals surface area contributed by atoms with Crippen LogP contribution >= 0.6 is 11.3 Å². The summed E-state index contributed by atoms with van der Waals surface area (Å²) in [7, 11) is 0. The van der Waals surface area contributed by atoms with Crippen molar-refractivity contribution in [3.8, 4) is 0 Å². The Kier molecular flexibility index (Phi) is 10.5. The Labute approximate surface area is 265 Å². The molecule has 3 aromatic carbocycles. The summed E-state index contributed by atoms with van der Waals surface area (Å²) in [6.07, 6.45) is -1.76. The van der Waals surface area contributed by atoms with E-state index in [1.54, 1.807) is 41.7 Å². The highest BCUT2D eigenvalue weighted by molar-refractivity contribution is 7.09. The van der Waals surface area contributed by atoms with E-state index in [1.165, 1.54) is 6.07 Å². The molecule has 0 spiro atoms. The third-order valence-electron chi connectivity index (χ3n) is 8.42. The van der Waals surface area contributed by atoms with Crippen LogP contribution in [-0.2, 0) is 19.0 Å². The lowest BCUT2D eigenvalue weighted by Crippen LogP contribution is -2.30. The van der Waals surface area contributed by atoms with E-state index in [4.69, 9.17) is 0 Å². The highest BCUT2D eigenvalue weighted by atomic mass is 32.1. The van der Waals surface area contributed by atoms with E-state index in [1.807, 2.05) is 47.5 Å². The summed E-state index contributed by atoms with van der Waals surface area (Å²) in [5.74, 6) is -0.705. The third kappa shape index (κ3) is 8.47. The number of thiazole rings is 1. The second-order valence-corrected chi connectivity index (χ2v) is 12.7. The van der Waals surface area contributed by atoms with Crippen molar-refractivity contribution in [2.75, 3.05) is 6.54 Å². The second kappa shape index (κ2) is 14.5. The Morgan fingerprint density at radius 1 is 1.00 bits per heavy atom. The molecule has 45 heavy (non-hydrogen) atoms. The quantitative estimate of drug-likeness (QED) is 0.159. The summed E-state index contributed by atoms with van der Waals surface area (Å²) in [6, 6.07) is 21.6. The van der Waals surface area contributed by atoms with Gasteiger partial charge in [0.15, 0.2) is 5.78 Å². The van der Waals surface area contributed by atoms with E-state index in [2.05, 4.69) is 4.98 Å². The molecule has 2 heterocycles. The van der Waals surface area contributed by atoms with Crippen LogP contribution in [-0.4, -0.2) is 39.3 Å². The van der Waals surface area contributed by atoms with Gasteiger partial charge in [0.1, 0.15) is 5.01 Å². The van der Waals surface area contributed by atoms with Gasteiger partial charge < -0.3 is 10.0 Å². The number of aryl methyl sites for hydroxylation is 2. The first-order valence-electron chi connectivity index (χ1n) is 15.3. The molecule has 1 aliphatic heterocycles. The number of nitrogens with zero attached hydrogens (tertiary/aromatic N) is 2. The number of likely N-dealkylation sites (tertiary alicyclic amines) is 1. The maximum atomic E-state index is 13.6. The fourth-order valence-corrected chi connectivity index (χ4v) is 7.00. The van der Waals surface area contributed by atoms with Gasteiger partial charge in [-0.25, -0.2) is 4.98 Å². The lowest BCUT2D eigenvalue weighted by atomic mass is 9.85. The van der Waals surface area contributed by atoms with Crippen molar-refractivity contribution in [1.29, 1.82) is 0 Å². The first kappa shape index (κ1) is 32.6. The van der Waals surface area contributed by atoms with Crippen molar-refractivity contribution >= 4 is 23.0 Å². The Balaban J connectivity index is 1.26. The number of halogens is 3. The summed E-state index contributed by atoms with van der Waals surface area (Å²) in [4.78, 5) is 33.6. The maximum absolute atomic E-state index is 13.6. The summed E-state index contributed by atoms with van der Waals surface area (Å²) >= 11 is 1.56. The third-order valence-corrected chi connectivity index (χ3v) is 9.48. The normalized spacial score (nSPS) is 16.5. The number of benzene rings is 3. The van der Waals surface area contributed by atoms with Crippen LogP contribution in [0.5, 0.6) is 0 Å². The predicted molar refractivity (Wildman–Crippen MR) is 169 cm³/mol. The average Bonchev–Trinajstić information content (AvgIpc) is 3.70. The van der Waals surface area contributed by atoms with Crippen LogP contribution in [0.15, 0.2) is 84.2 Å². The monoisotopic (exact) mass is 634 g/mol. The molecule has 3 atom stereocenters. The van der Waals surface area contributed by atoms with Crippen molar-refractivity contribution in [1.82, 2.24) is 9.88 Å². The first-order chi connectivity index (χ1) is 21.6. The Hall–Kier alpha value is -3.82. The maximum Gasteiger partial charge on any atom is 0.416 e. The van der Waals surface area contributed by atoms with E-state index in [9.17, 15) is 27.9 Å². The van der Waals surface area contributed by atoms with Crippen molar-refractivity contribution in [2.24, 2.45) is 5.92 Å². The molecule has 1 saturated heterocycles. The number of carbonyl (C=O) groups excluding carboxylic acids is 2. The molecule has 0 aliphatic carbocycles. The predicted octanol–water partition coefficient (Wildman–Crippen LogP) is 8.26. The Bertz CT molecular complexity index is 1600. The Morgan fingerprint density at radius 2 is 1.73 bits per heavy atom. The van der Waals surface area contributed by atoms with Gasteiger partial charge in [0.05, 0.1) is 17.7 Å². The fourth-order valence-electron chi connectivity index (χ4n) is 6.05. The molecule has 5 nitrogen and oxygen atoms in total. The molecule has 4 aromatic rings. The van der Waals surface area contributed by atoms with Gasteiger partial charge >= 0.3 is 6.18 Å². The minimum Gasteiger partial charge on any atom is -0.393 e. The zero-order valence-corrected chi connectivity index (χ0v) is 26.0. The smallest absolute Gasteiger partial charge is 0.393 e. The molecule has 9 heteroatoms. The molecule has 0 unspecified atom stereocenters. The fraction of sp³-hybridized carbons (Fsp3) is 0.361. The van der Waals surface area contributed by atoms with Crippen LogP contribution in [0.3, 0.4) is 0 Å². The molecular weight excluding hydrogens is 597 g/mol. The molecule has 0 saturated carbocycles. The van der Waals surface area contributed by atoms with Crippen LogP contribution in [0, 0.1) is 12.8 Å². The van der Waals surface area contributed by atoms with Crippen molar-refractivity contribution in [2.45, 2.75) is 70.2 Å². The van der Waals surface area contributed by atoms with Gasteiger partial charge in [0, 0.05) is 35.2 Å². The number of ketones is 1. The lowest BCUT2D eigenvalue weighted by molar-refractivity contribution is -0.137. The number of hydrogen-bond donors (Lipinski definition) is 1. The molecule has 5 rings (SSSR count). The summed E-state index contributed by atoms with van der Waals surface area (Å²) in [5, 5.41) is 14.2. The molecule has 1 fully saturated rings. The van der Waals surface area contributed by atoms with Gasteiger partial charge in [-0.05, 0) is 80.7 Å². The lowest BCUT2D eigenvalue weighted by Gasteiger charge is -2.24. The van der Waals surface area contributed by atoms with Gasteiger partial charge in [0.2, 0.25) is 0 Å². The van der Waals surface area contributed by atoms with E-state index < -0.39 is 23.8 Å². The van der Waals surface area contributed by atoms with Crippen LogP contribution in [0.4, 0.5) is 13.2 Å². The van der Waals surface area contributed by atoms with E-state index in [0.717, 1.165) is 41.2 Å².